The Bertz CT molecular complexity index is 237. The highest BCUT2D eigenvalue weighted by Crippen LogP contribution is 2.06. The van der Waals surface area contributed by atoms with Crippen LogP contribution in [-0.2, 0) is 5.75 Å². The Morgan fingerprint density at radius 2 is 2.20 bits per heavy atom. The highest BCUT2D eigenvalue weighted by atomic mass is 32.1. The molecule has 0 N–H and O–H groups in total. The third kappa shape index (κ3) is 1.54. The predicted molar refractivity (Wildman–Crippen MR) is 47.3 cm³/mol. The molecule has 1 aromatic rings. The van der Waals surface area contributed by atoms with Crippen molar-refractivity contribution in [2.24, 2.45) is 0 Å². The zero-order chi connectivity index (χ0) is 7.56. The van der Waals surface area contributed by atoms with Crippen LogP contribution in [0.15, 0.2) is 18.2 Å². The van der Waals surface area contributed by atoms with Crippen LogP contribution >= 0.6 is 12.6 Å². The summed E-state index contributed by atoms with van der Waals surface area (Å²) in [5.74, 6) is 0.307. The van der Waals surface area contributed by atoms with E-state index < -0.39 is 0 Å². The highest BCUT2D eigenvalue weighted by Gasteiger charge is 1.97. The summed E-state index contributed by atoms with van der Waals surface area (Å²) < 4.78 is 12.8. The van der Waals surface area contributed by atoms with Crippen LogP contribution in [0.2, 0.25) is 0 Å². The first-order valence-corrected chi connectivity index (χ1v) is 3.73. The molecule has 0 saturated heterocycles. The maximum absolute atomic E-state index is 12.8. The van der Waals surface area contributed by atoms with Gasteiger partial charge in [-0.05, 0) is 11.6 Å². The van der Waals surface area contributed by atoms with E-state index in [1.807, 2.05) is 13.9 Å². The fourth-order valence-corrected chi connectivity index (χ4v) is 1.04. The molecule has 0 saturated carbocycles. The van der Waals surface area contributed by atoms with Gasteiger partial charge in [-0.2, -0.15) is 12.6 Å². The maximum atomic E-state index is 12.8. The van der Waals surface area contributed by atoms with Crippen molar-refractivity contribution in [2.75, 3.05) is 0 Å². The van der Waals surface area contributed by atoms with E-state index in [1.54, 1.807) is 6.07 Å². The third-order valence-electron chi connectivity index (χ3n) is 1.38. The molecule has 0 fully saturated rings. The summed E-state index contributed by atoms with van der Waals surface area (Å²) in [5.41, 5.74) is 1.61. The molecule has 52 valence electrons. The molecule has 0 heterocycles. The van der Waals surface area contributed by atoms with Crippen LogP contribution in [-0.4, -0.2) is 7.85 Å². The summed E-state index contributed by atoms with van der Waals surface area (Å²) >= 11 is 3.97. The first-order chi connectivity index (χ1) is 4.74. The van der Waals surface area contributed by atoms with E-state index in [0.717, 1.165) is 5.46 Å². The molecule has 0 bridgehead atoms. The fraction of sp³-hybridized carbons (Fsp3) is 0.143. The van der Waals surface area contributed by atoms with E-state index in [4.69, 9.17) is 0 Å². The van der Waals surface area contributed by atoms with Gasteiger partial charge in [0.2, 0.25) is 0 Å². The summed E-state index contributed by atoms with van der Waals surface area (Å²) in [7, 11) is 1.87. The summed E-state index contributed by atoms with van der Waals surface area (Å²) in [6.07, 6.45) is 0. The molecule has 0 aliphatic carbocycles. The van der Waals surface area contributed by atoms with Gasteiger partial charge in [0.25, 0.3) is 0 Å². The summed E-state index contributed by atoms with van der Waals surface area (Å²) in [6.45, 7) is 0. The summed E-state index contributed by atoms with van der Waals surface area (Å²) in [4.78, 5) is 0. The molecule has 0 amide bonds. The van der Waals surface area contributed by atoms with Gasteiger partial charge in [0.1, 0.15) is 13.7 Å². The zero-order valence-electron chi connectivity index (χ0n) is 5.76. The van der Waals surface area contributed by atoms with E-state index in [9.17, 15) is 4.39 Å². The molecular formula is C7H8BFS. The SMILES string of the molecule is Bc1ccc(CS)c(F)c1. The van der Waals surface area contributed by atoms with Crippen molar-refractivity contribution in [1.29, 1.82) is 0 Å². The Labute approximate surface area is 66.3 Å². The Balaban J connectivity index is 3.07. The largest absolute Gasteiger partial charge is 0.207 e. The van der Waals surface area contributed by atoms with E-state index >= 15 is 0 Å². The number of hydrogen-bond donors (Lipinski definition) is 1. The minimum Gasteiger partial charge on any atom is -0.207 e. The predicted octanol–water partition coefficient (Wildman–Crippen LogP) is 0.514. The molecule has 0 atom stereocenters. The van der Waals surface area contributed by atoms with Gasteiger partial charge in [0.15, 0.2) is 0 Å². The molecule has 1 rings (SSSR count). The van der Waals surface area contributed by atoms with Crippen molar-refractivity contribution >= 4 is 25.9 Å². The van der Waals surface area contributed by atoms with Gasteiger partial charge in [0, 0.05) is 5.75 Å². The fourth-order valence-electron chi connectivity index (χ4n) is 0.781. The van der Waals surface area contributed by atoms with Crippen molar-refractivity contribution < 1.29 is 4.39 Å². The third-order valence-corrected chi connectivity index (χ3v) is 1.72. The van der Waals surface area contributed by atoms with Gasteiger partial charge in [-0.25, -0.2) is 4.39 Å². The second-order valence-electron chi connectivity index (χ2n) is 2.25. The van der Waals surface area contributed by atoms with E-state index in [-0.39, 0.29) is 5.82 Å². The number of hydrogen-bond acceptors (Lipinski definition) is 1. The number of rotatable bonds is 1. The zero-order valence-corrected chi connectivity index (χ0v) is 6.66. The maximum Gasteiger partial charge on any atom is 0.139 e. The van der Waals surface area contributed by atoms with Crippen LogP contribution in [0, 0.1) is 5.82 Å². The summed E-state index contributed by atoms with van der Waals surface area (Å²) in [6, 6.07) is 5.16. The van der Waals surface area contributed by atoms with Gasteiger partial charge >= 0.3 is 0 Å². The standard InChI is InChI=1S/C7H8BFS/c8-6-2-1-5(4-10)7(9)3-6/h1-3,10H,4,8H2. The second kappa shape index (κ2) is 3.10. The van der Waals surface area contributed by atoms with Gasteiger partial charge in [-0.15, -0.1) is 0 Å². The molecule has 0 radical (unpaired) electrons. The summed E-state index contributed by atoms with van der Waals surface area (Å²) in [5, 5.41) is 0. The van der Waals surface area contributed by atoms with E-state index in [2.05, 4.69) is 12.6 Å². The molecule has 1 aromatic carbocycles. The Morgan fingerprint density at radius 1 is 1.50 bits per heavy atom. The van der Waals surface area contributed by atoms with E-state index in [0.29, 0.717) is 11.3 Å². The lowest BCUT2D eigenvalue weighted by Gasteiger charge is -1.98. The molecule has 0 unspecified atom stereocenters. The lowest BCUT2D eigenvalue weighted by atomic mass is 9.95. The topological polar surface area (TPSA) is 0 Å². The average molecular weight is 154 g/mol. The molecular weight excluding hydrogens is 146 g/mol. The van der Waals surface area contributed by atoms with Crippen molar-refractivity contribution in [3.8, 4) is 0 Å². The molecule has 0 aliphatic heterocycles. The monoisotopic (exact) mass is 154 g/mol. The smallest absolute Gasteiger partial charge is 0.139 e. The quantitative estimate of drug-likeness (QED) is 0.442. The van der Waals surface area contributed by atoms with Gasteiger partial charge < -0.3 is 0 Å². The van der Waals surface area contributed by atoms with Crippen molar-refractivity contribution in [3.05, 3.63) is 29.6 Å². The Morgan fingerprint density at radius 3 is 2.70 bits per heavy atom. The van der Waals surface area contributed by atoms with E-state index in [1.165, 1.54) is 6.07 Å². The average Bonchev–Trinajstić information content (AvgIpc) is 1.88. The molecule has 0 aliphatic rings. The molecule has 0 nitrogen and oxygen atoms in total. The first kappa shape index (κ1) is 7.67. The Kier molecular flexibility index (Phi) is 2.38. The lowest BCUT2D eigenvalue weighted by molar-refractivity contribution is 0.618. The van der Waals surface area contributed by atoms with Gasteiger partial charge in [-0.1, -0.05) is 17.6 Å². The highest BCUT2D eigenvalue weighted by molar-refractivity contribution is 7.79. The molecule has 0 aromatic heterocycles. The van der Waals surface area contributed by atoms with Crippen molar-refractivity contribution in [3.63, 3.8) is 0 Å². The van der Waals surface area contributed by atoms with Crippen LogP contribution in [0.3, 0.4) is 0 Å². The Hall–Kier alpha value is -0.435. The van der Waals surface area contributed by atoms with Crippen LogP contribution < -0.4 is 5.46 Å². The molecule has 3 heteroatoms. The first-order valence-electron chi connectivity index (χ1n) is 3.10. The van der Waals surface area contributed by atoms with Gasteiger partial charge in [0.05, 0.1) is 0 Å². The van der Waals surface area contributed by atoms with Crippen LogP contribution in [0.5, 0.6) is 0 Å². The molecule has 10 heavy (non-hydrogen) atoms. The number of thiol groups is 1. The lowest BCUT2D eigenvalue weighted by Crippen LogP contribution is -2.03. The second-order valence-corrected chi connectivity index (χ2v) is 2.57. The van der Waals surface area contributed by atoms with Crippen LogP contribution in [0.4, 0.5) is 4.39 Å². The number of halogens is 1. The normalized spacial score (nSPS) is 9.80. The van der Waals surface area contributed by atoms with Crippen molar-refractivity contribution in [2.45, 2.75) is 5.75 Å². The molecule has 0 spiro atoms. The van der Waals surface area contributed by atoms with Gasteiger partial charge in [-0.3, -0.25) is 0 Å². The minimum atomic E-state index is -0.157. The van der Waals surface area contributed by atoms with Crippen LogP contribution in [0.1, 0.15) is 5.56 Å². The number of benzene rings is 1. The van der Waals surface area contributed by atoms with Crippen molar-refractivity contribution in [1.82, 2.24) is 0 Å². The van der Waals surface area contributed by atoms with Crippen LogP contribution in [0.25, 0.3) is 0 Å². The minimum absolute atomic E-state index is 0.157.